The number of carboxylic acid groups (broad SMARTS) is 1. The van der Waals surface area contributed by atoms with E-state index in [9.17, 15) is 22.0 Å². The van der Waals surface area contributed by atoms with Crippen molar-refractivity contribution in [2.24, 2.45) is 0 Å². The lowest BCUT2D eigenvalue weighted by Gasteiger charge is -2.10. The van der Waals surface area contributed by atoms with Crippen LogP contribution in [0.25, 0.3) is 0 Å². The maximum absolute atomic E-state index is 13.2. The second-order valence-corrected chi connectivity index (χ2v) is 4.96. The third-order valence-electron chi connectivity index (χ3n) is 1.94. The molecular weight excluding hydrogens is 272 g/mol. The molecule has 0 spiro atoms. The summed E-state index contributed by atoms with van der Waals surface area (Å²) >= 11 is 0. The first-order valence-electron chi connectivity index (χ1n) is 4.60. The normalized spacial score (nSPS) is 13.3. The molecule has 0 bridgehead atoms. The van der Waals surface area contributed by atoms with Crippen LogP contribution in [0, 0.1) is 11.6 Å². The number of hydrogen-bond donors (Lipinski definition) is 3. The number of sulfonamides is 1. The zero-order valence-corrected chi connectivity index (χ0v) is 9.62. The summed E-state index contributed by atoms with van der Waals surface area (Å²) in [6, 6.07) is 2.46. The average Bonchev–Trinajstić information content (AvgIpc) is 2.25. The standard InChI is InChI=1S/C9H9F2NO5S/c10-5-2-1-3-6(11)8(5)18(16,17)12-4-7(13)9(14)15/h1-3,7,12-13H,4H2,(H,14,15). The molecule has 9 heteroatoms. The molecule has 18 heavy (non-hydrogen) atoms. The maximum atomic E-state index is 13.2. The van der Waals surface area contributed by atoms with E-state index in [4.69, 9.17) is 10.2 Å². The number of carbonyl (C=O) groups is 1. The molecule has 1 unspecified atom stereocenters. The summed E-state index contributed by atoms with van der Waals surface area (Å²) in [4.78, 5) is 9.03. The summed E-state index contributed by atoms with van der Waals surface area (Å²) in [5.41, 5.74) is 0. The van der Waals surface area contributed by atoms with E-state index in [1.807, 2.05) is 0 Å². The van der Waals surface area contributed by atoms with E-state index in [1.165, 1.54) is 0 Å². The van der Waals surface area contributed by atoms with Crippen LogP contribution >= 0.6 is 0 Å². The van der Waals surface area contributed by atoms with Crippen molar-refractivity contribution in [3.8, 4) is 0 Å². The Balaban J connectivity index is 2.98. The lowest BCUT2D eigenvalue weighted by Crippen LogP contribution is -2.37. The fourth-order valence-electron chi connectivity index (χ4n) is 1.09. The monoisotopic (exact) mass is 281 g/mol. The first-order chi connectivity index (χ1) is 8.25. The zero-order valence-electron chi connectivity index (χ0n) is 8.80. The SMILES string of the molecule is O=C(O)C(O)CNS(=O)(=O)c1c(F)cccc1F. The van der Waals surface area contributed by atoms with Crippen LogP contribution in [0.5, 0.6) is 0 Å². The Bertz CT molecular complexity index is 540. The van der Waals surface area contributed by atoms with Gasteiger partial charge in [-0.25, -0.2) is 26.7 Å². The van der Waals surface area contributed by atoms with Gasteiger partial charge < -0.3 is 10.2 Å². The van der Waals surface area contributed by atoms with E-state index in [1.54, 1.807) is 4.72 Å². The summed E-state index contributed by atoms with van der Waals surface area (Å²) in [7, 11) is -4.57. The smallest absolute Gasteiger partial charge is 0.333 e. The van der Waals surface area contributed by atoms with E-state index in [-0.39, 0.29) is 0 Å². The van der Waals surface area contributed by atoms with E-state index in [2.05, 4.69) is 0 Å². The minimum absolute atomic E-state index is 0.741. The van der Waals surface area contributed by atoms with Gasteiger partial charge in [-0.2, -0.15) is 0 Å². The van der Waals surface area contributed by atoms with E-state index in [0.29, 0.717) is 0 Å². The van der Waals surface area contributed by atoms with Crippen LogP contribution in [0.15, 0.2) is 23.1 Å². The molecule has 0 aliphatic rings. The molecule has 0 amide bonds. The molecule has 6 nitrogen and oxygen atoms in total. The highest BCUT2D eigenvalue weighted by molar-refractivity contribution is 7.89. The molecular formula is C9H9F2NO5S. The molecule has 1 rings (SSSR count). The molecule has 1 aromatic carbocycles. The van der Waals surface area contributed by atoms with E-state index < -0.39 is 45.2 Å². The number of halogens is 2. The predicted molar refractivity (Wildman–Crippen MR) is 55.2 cm³/mol. The van der Waals surface area contributed by atoms with Gasteiger partial charge in [0, 0.05) is 6.54 Å². The molecule has 0 aromatic heterocycles. The van der Waals surface area contributed by atoms with E-state index in [0.717, 1.165) is 18.2 Å². The van der Waals surface area contributed by atoms with E-state index >= 15 is 0 Å². The Morgan fingerprint density at radius 1 is 1.33 bits per heavy atom. The van der Waals surface area contributed by atoms with Gasteiger partial charge in [0.2, 0.25) is 10.0 Å². The first kappa shape index (κ1) is 14.5. The number of aliphatic hydroxyl groups is 1. The van der Waals surface area contributed by atoms with Crippen LogP contribution in [0.4, 0.5) is 8.78 Å². The molecule has 0 radical (unpaired) electrons. The molecule has 0 aliphatic heterocycles. The molecule has 0 fully saturated rings. The summed E-state index contributed by atoms with van der Waals surface area (Å²) in [6.07, 6.45) is -2.00. The Morgan fingerprint density at radius 2 is 1.83 bits per heavy atom. The van der Waals surface area contributed by atoms with Crippen molar-refractivity contribution in [3.05, 3.63) is 29.8 Å². The second-order valence-electron chi connectivity index (χ2n) is 3.26. The number of carboxylic acids is 1. The molecule has 1 aromatic rings. The van der Waals surface area contributed by atoms with Crippen molar-refractivity contribution < 1.29 is 32.2 Å². The highest BCUT2D eigenvalue weighted by Gasteiger charge is 2.25. The third-order valence-corrected chi connectivity index (χ3v) is 3.41. The lowest BCUT2D eigenvalue weighted by atomic mass is 10.3. The largest absolute Gasteiger partial charge is 0.479 e. The van der Waals surface area contributed by atoms with Crippen molar-refractivity contribution in [3.63, 3.8) is 0 Å². The molecule has 1 atom stereocenters. The topological polar surface area (TPSA) is 104 Å². The highest BCUT2D eigenvalue weighted by atomic mass is 32.2. The van der Waals surface area contributed by atoms with Crippen molar-refractivity contribution in [1.82, 2.24) is 4.72 Å². The first-order valence-corrected chi connectivity index (χ1v) is 6.08. The number of aliphatic hydroxyl groups excluding tert-OH is 1. The Morgan fingerprint density at radius 3 is 2.28 bits per heavy atom. The minimum Gasteiger partial charge on any atom is -0.479 e. The van der Waals surface area contributed by atoms with Crippen molar-refractivity contribution >= 4 is 16.0 Å². The second kappa shape index (κ2) is 5.38. The predicted octanol–water partition coefficient (Wildman–Crippen LogP) is -0.311. The van der Waals surface area contributed by atoms with Crippen molar-refractivity contribution in [1.29, 1.82) is 0 Å². The van der Waals surface area contributed by atoms with Gasteiger partial charge in [0.1, 0.15) is 11.6 Å². The number of benzene rings is 1. The fourth-order valence-corrected chi connectivity index (χ4v) is 2.26. The van der Waals surface area contributed by atoms with Crippen molar-refractivity contribution in [2.45, 2.75) is 11.0 Å². The maximum Gasteiger partial charge on any atom is 0.333 e. The van der Waals surface area contributed by atoms with Gasteiger partial charge in [0.25, 0.3) is 0 Å². The highest BCUT2D eigenvalue weighted by Crippen LogP contribution is 2.17. The number of rotatable bonds is 5. The third kappa shape index (κ3) is 3.22. The van der Waals surface area contributed by atoms with Crippen molar-refractivity contribution in [2.75, 3.05) is 6.54 Å². The van der Waals surface area contributed by atoms with Gasteiger partial charge in [-0.15, -0.1) is 0 Å². The molecule has 100 valence electrons. The average molecular weight is 281 g/mol. The van der Waals surface area contributed by atoms with Gasteiger partial charge >= 0.3 is 5.97 Å². The quantitative estimate of drug-likeness (QED) is 0.686. The Labute approximate surface area is 101 Å². The summed E-state index contributed by atoms with van der Waals surface area (Å²) in [5.74, 6) is -4.29. The van der Waals surface area contributed by atoms with Gasteiger partial charge in [-0.3, -0.25) is 0 Å². The van der Waals surface area contributed by atoms with Gasteiger partial charge in [-0.1, -0.05) is 6.07 Å². The summed E-state index contributed by atoms with van der Waals surface area (Å²) < 4.78 is 51.0. The zero-order chi connectivity index (χ0) is 13.9. The van der Waals surface area contributed by atoms with Crippen LogP contribution in [0.3, 0.4) is 0 Å². The van der Waals surface area contributed by atoms with Gasteiger partial charge in [0.05, 0.1) is 0 Å². The van der Waals surface area contributed by atoms with Crippen LogP contribution in [-0.4, -0.2) is 37.2 Å². The molecule has 0 saturated carbocycles. The number of nitrogens with one attached hydrogen (secondary N) is 1. The summed E-state index contributed by atoms with van der Waals surface area (Å²) in [6.45, 7) is -0.897. The van der Waals surface area contributed by atoms with Gasteiger partial charge in [0.15, 0.2) is 11.0 Å². The minimum atomic E-state index is -4.57. The Kier molecular flexibility index (Phi) is 4.33. The number of aliphatic carboxylic acids is 1. The van der Waals surface area contributed by atoms with Gasteiger partial charge in [-0.05, 0) is 12.1 Å². The molecule has 3 N–H and O–H groups in total. The van der Waals surface area contributed by atoms with Crippen LogP contribution in [0.1, 0.15) is 0 Å². The van der Waals surface area contributed by atoms with Crippen LogP contribution < -0.4 is 4.72 Å². The lowest BCUT2D eigenvalue weighted by molar-refractivity contribution is -0.146. The fraction of sp³-hybridized carbons (Fsp3) is 0.222. The summed E-state index contributed by atoms with van der Waals surface area (Å²) in [5, 5.41) is 17.2. The Hall–Kier alpha value is -1.58. The molecule has 0 saturated heterocycles. The number of hydrogen-bond acceptors (Lipinski definition) is 4. The molecule has 0 aliphatic carbocycles. The van der Waals surface area contributed by atoms with Crippen LogP contribution in [-0.2, 0) is 14.8 Å². The van der Waals surface area contributed by atoms with Crippen LogP contribution in [0.2, 0.25) is 0 Å². The molecule has 0 heterocycles.